The Morgan fingerprint density at radius 1 is 1.21 bits per heavy atom. The maximum absolute atomic E-state index is 13.3. The van der Waals surface area contributed by atoms with Gasteiger partial charge in [0.25, 0.3) is 0 Å². The molecule has 0 radical (unpaired) electrons. The Kier molecular flexibility index (Phi) is 12.6. The van der Waals surface area contributed by atoms with Crippen LogP contribution in [-0.2, 0) is 22.3 Å². The number of ether oxygens (including phenoxy) is 1. The number of hydrogen-bond donors (Lipinski definition) is 3. The topological polar surface area (TPSA) is 90.9 Å². The lowest BCUT2D eigenvalue weighted by molar-refractivity contribution is -0.145. The highest BCUT2D eigenvalue weighted by Gasteiger charge is 2.33. The van der Waals surface area contributed by atoms with Crippen LogP contribution in [0, 0.1) is 11.3 Å². The number of halogens is 3. The fourth-order valence-electron chi connectivity index (χ4n) is 4.04. The summed E-state index contributed by atoms with van der Waals surface area (Å²) in [5, 5.41) is 14.9. The molecule has 12 heteroatoms. The lowest BCUT2D eigenvalue weighted by atomic mass is 9.86. The number of urea groups is 1. The molecule has 218 valence electrons. The summed E-state index contributed by atoms with van der Waals surface area (Å²) in [6.45, 7) is 7.33. The Bertz CT molecular complexity index is 1030. The monoisotopic (exact) mass is 589 g/mol. The zero-order valence-electron chi connectivity index (χ0n) is 22.8. The molecule has 0 bridgehead atoms. The molecule has 1 saturated carbocycles. The molecule has 0 aliphatic heterocycles. The molecular weight excluding hydrogens is 551 g/mol. The zero-order chi connectivity index (χ0) is 29.2. The quantitative estimate of drug-likeness (QED) is 0.204. The molecule has 7 nitrogen and oxygen atoms in total. The summed E-state index contributed by atoms with van der Waals surface area (Å²) in [5.74, 6) is 0.0531. The zero-order valence-corrected chi connectivity index (χ0v) is 24.4. The Labute approximate surface area is 237 Å². The first kappa shape index (κ1) is 32.9. The Hall–Kier alpha value is -2.31. The van der Waals surface area contributed by atoms with E-state index in [0.717, 1.165) is 36.7 Å². The van der Waals surface area contributed by atoms with Gasteiger partial charge in [0.1, 0.15) is 0 Å². The second kappa shape index (κ2) is 14.9. The van der Waals surface area contributed by atoms with Crippen molar-refractivity contribution in [2.24, 2.45) is 11.3 Å². The third-order valence-electron chi connectivity index (χ3n) is 6.61. The van der Waals surface area contributed by atoms with Gasteiger partial charge in [-0.2, -0.15) is 13.2 Å². The minimum Gasteiger partial charge on any atom is -0.481 e. The van der Waals surface area contributed by atoms with Gasteiger partial charge in [-0.1, -0.05) is 25.1 Å². The van der Waals surface area contributed by atoms with Crippen LogP contribution in [0.5, 0.6) is 0 Å². The highest BCUT2D eigenvalue weighted by atomic mass is 32.2. The predicted molar refractivity (Wildman–Crippen MR) is 151 cm³/mol. The second-order valence-corrected chi connectivity index (χ2v) is 12.1. The van der Waals surface area contributed by atoms with Gasteiger partial charge >= 0.3 is 18.2 Å². The average molecular weight is 590 g/mol. The molecule has 2 amide bonds. The van der Waals surface area contributed by atoms with Crippen molar-refractivity contribution in [3.63, 3.8) is 0 Å². The minimum absolute atomic E-state index is 0.0267. The number of thioether (sulfide) groups is 1. The van der Waals surface area contributed by atoms with Gasteiger partial charge in [0, 0.05) is 24.5 Å². The highest BCUT2D eigenvalue weighted by molar-refractivity contribution is 8.03. The molecular formula is C27H38F3N3O4S2. The number of carboxylic acids is 1. The van der Waals surface area contributed by atoms with E-state index >= 15 is 0 Å². The normalized spacial score (nSPS) is 18.4. The number of thiocarbonyl (C=S) groups is 1. The van der Waals surface area contributed by atoms with Crippen LogP contribution in [0.3, 0.4) is 0 Å². The van der Waals surface area contributed by atoms with Gasteiger partial charge in [-0.3, -0.25) is 10.1 Å². The number of hydrogen-bond acceptors (Lipinski definition) is 5. The molecule has 0 unspecified atom stereocenters. The number of alkyl halides is 3. The van der Waals surface area contributed by atoms with Gasteiger partial charge in [0.05, 0.1) is 24.2 Å². The molecule has 1 aliphatic rings. The van der Waals surface area contributed by atoms with Crippen LogP contribution in [0.4, 0.5) is 18.0 Å². The molecule has 1 aromatic carbocycles. The fourth-order valence-corrected chi connectivity index (χ4v) is 5.04. The van der Waals surface area contributed by atoms with E-state index in [2.05, 4.69) is 17.6 Å². The molecule has 0 atom stereocenters. The molecule has 39 heavy (non-hydrogen) atoms. The first-order valence-corrected chi connectivity index (χ1v) is 14.2. The SMILES string of the molecule is C/C(=C\NC(=S)NC(=O)N(CCOCc1ccccc1C(F)(F)F)C1CCC(C)CC1)SCC(C)(C)C(=O)O. The number of aliphatic carboxylic acids is 1. The maximum atomic E-state index is 13.3. The van der Waals surface area contributed by atoms with Gasteiger partial charge in [0.15, 0.2) is 5.11 Å². The number of carboxylic acid groups (broad SMARTS) is 1. The molecule has 0 spiro atoms. The number of nitrogens with zero attached hydrogens (tertiary/aromatic N) is 1. The summed E-state index contributed by atoms with van der Waals surface area (Å²) in [4.78, 5) is 26.9. The van der Waals surface area contributed by atoms with Gasteiger partial charge in [0.2, 0.25) is 0 Å². The van der Waals surface area contributed by atoms with Crippen molar-refractivity contribution in [2.45, 2.75) is 72.2 Å². The molecule has 2 rings (SSSR count). The van der Waals surface area contributed by atoms with Crippen LogP contribution < -0.4 is 10.6 Å². The first-order chi connectivity index (χ1) is 18.2. The molecule has 1 fully saturated rings. The van der Waals surface area contributed by atoms with Crippen LogP contribution in [0.15, 0.2) is 35.4 Å². The van der Waals surface area contributed by atoms with E-state index in [9.17, 15) is 27.9 Å². The summed E-state index contributed by atoms with van der Waals surface area (Å²) in [7, 11) is 0. The minimum atomic E-state index is -4.47. The summed E-state index contributed by atoms with van der Waals surface area (Å²) in [6, 6.07) is 4.85. The molecule has 3 N–H and O–H groups in total. The van der Waals surface area contributed by atoms with Crippen LogP contribution in [0.2, 0.25) is 0 Å². The first-order valence-electron chi connectivity index (χ1n) is 12.8. The number of benzene rings is 1. The molecule has 1 aliphatic carbocycles. The highest BCUT2D eigenvalue weighted by Crippen LogP contribution is 2.32. The summed E-state index contributed by atoms with van der Waals surface area (Å²) in [6.07, 6.45) is 0.733. The third kappa shape index (κ3) is 11.0. The summed E-state index contributed by atoms with van der Waals surface area (Å²) < 4.78 is 45.4. The number of nitrogens with one attached hydrogen (secondary N) is 2. The summed E-state index contributed by atoms with van der Waals surface area (Å²) in [5.41, 5.74) is -1.57. The molecule has 0 saturated heterocycles. The Morgan fingerprint density at radius 2 is 1.85 bits per heavy atom. The van der Waals surface area contributed by atoms with Crippen molar-refractivity contribution >= 4 is 41.1 Å². The average Bonchev–Trinajstić information content (AvgIpc) is 2.86. The number of rotatable bonds is 11. The fraction of sp³-hybridized carbons (Fsp3) is 0.593. The Morgan fingerprint density at radius 3 is 2.46 bits per heavy atom. The third-order valence-corrected chi connectivity index (χ3v) is 8.27. The van der Waals surface area contributed by atoms with Crippen molar-refractivity contribution in [1.82, 2.24) is 15.5 Å². The van der Waals surface area contributed by atoms with Crippen molar-refractivity contribution in [3.8, 4) is 0 Å². The smallest absolute Gasteiger partial charge is 0.416 e. The molecule has 0 heterocycles. The number of carbonyl (C=O) groups is 2. The van der Waals surface area contributed by atoms with E-state index in [1.165, 1.54) is 30.0 Å². The standard InChI is InChI=1S/C27H38F3N3O4S2/c1-18-9-11-21(12-10-18)33(13-14-37-16-20-7-5-6-8-22(20)27(28,29)30)25(36)32-24(38)31-15-19(2)39-17-26(3,4)23(34)35/h5-8,15,18,21H,9-14,16-17H2,1-4H3,(H,34,35)(H2,31,32,36,38)/b19-15+. The number of carbonyl (C=O) groups excluding carboxylic acids is 1. The predicted octanol–water partition coefficient (Wildman–Crippen LogP) is 6.39. The van der Waals surface area contributed by atoms with Crippen molar-refractivity contribution < 1.29 is 32.6 Å². The van der Waals surface area contributed by atoms with E-state index < -0.39 is 29.2 Å². The van der Waals surface area contributed by atoms with Crippen molar-refractivity contribution in [1.29, 1.82) is 0 Å². The van der Waals surface area contributed by atoms with Crippen molar-refractivity contribution in [2.75, 3.05) is 18.9 Å². The van der Waals surface area contributed by atoms with Gasteiger partial charge in [-0.05, 0) is 81.1 Å². The van der Waals surface area contributed by atoms with E-state index in [1.807, 2.05) is 6.92 Å². The van der Waals surface area contributed by atoms with Gasteiger partial charge < -0.3 is 20.1 Å². The largest absolute Gasteiger partial charge is 0.481 e. The lowest BCUT2D eigenvalue weighted by Crippen LogP contribution is -2.51. The number of allylic oxidation sites excluding steroid dienone is 1. The van der Waals surface area contributed by atoms with Gasteiger partial charge in [-0.15, -0.1) is 11.8 Å². The van der Waals surface area contributed by atoms with E-state index in [-0.39, 0.29) is 36.5 Å². The van der Waals surface area contributed by atoms with E-state index in [1.54, 1.807) is 24.9 Å². The lowest BCUT2D eigenvalue weighted by Gasteiger charge is -2.36. The second-order valence-electron chi connectivity index (χ2n) is 10.5. The van der Waals surface area contributed by atoms with E-state index in [0.29, 0.717) is 11.7 Å². The molecule has 0 aromatic heterocycles. The van der Waals surface area contributed by atoms with Gasteiger partial charge in [-0.25, -0.2) is 4.79 Å². The van der Waals surface area contributed by atoms with E-state index in [4.69, 9.17) is 17.0 Å². The van der Waals surface area contributed by atoms with Crippen LogP contribution in [-0.4, -0.2) is 52.1 Å². The molecule has 1 aromatic rings. The summed E-state index contributed by atoms with van der Waals surface area (Å²) >= 11 is 6.64. The van der Waals surface area contributed by atoms with Crippen LogP contribution >= 0.6 is 24.0 Å². The van der Waals surface area contributed by atoms with Crippen LogP contribution in [0.25, 0.3) is 0 Å². The number of amides is 2. The van der Waals surface area contributed by atoms with Crippen molar-refractivity contribution in [3.05, 3.63) is 46.5 Å². The Balaban J connectivity index is 1.95. The maximum Gasteiger partial charge on any atom is 0.416 e. The van der Waals surface area contributed by atoms with Crippen LogP contribution in [0.1, 0.15) is 64.5 Å².